The molecule has 0 rings (SSSR count). The van der Waals surface area contributed by atoms with Crippen molar-refractivity contribution in [3.63, 3.8) is 0 Å². The second-order valence-electron chi connectivity index (χ2n) is 8.10. The Morgan fingerprint density at radius 3 is 1.09 bits per heavy atom. The summed E-state index contributed by atoms with van der Waals surface area (Å²) >= 11 is 7.91. The summed E-state index contributed by atoms with van der Waals surface area (Å²) < 4.78 is 0.381. The summed E-state index contributed by atoms with van der Waals surface area (Å²) in [4.78, 5) is 0. The van der Waals surface area contributed by atoms with Gasteiger partial charge < -0.3 is 34.0 Å². The quantitative estimate of drug-likeness (QED) is 0.364. The van der Waals surface area contributed by atoms with E-state index in [1.165, 1.54) is 19.3 Å². The van der Waals surface area contributed by atoms with Crippen molar-refractivity contribution in [2.45, 2.75) is 78.9 Å². The Kier molecular flexibility index (Phi) is 21.4. The first-order chi connectivity index (χ1) is 8.44. The maximum atomic E-state index is 3.96. The van der Waals surface area contributed by atoms with Gasteiger partial charge >= 0.3 is 33.5 Å². The van der Waals surface area contributed by atoms with Gasteiger partial charge in [-0.15, -0.1) is 0 Å². The first kappa shape index (κ1) is 32.9. The van der Waals surface area contributed by atoms with Crippen LogP contribution in [0, 0.1) is 23.2 Å². The van der Waals surface area contributed by atoms with Crippen LogP contribution < -0.4 is 34.0 Å². The molecule has 0 atom stereocenters. The molecule has 0 aliphatic heterocycles. The Morgan fingerprint density at radius 2 is 0.955 bits per heavy atom. The molecular weight excluding hydrogens is 563 g/mol. The van der Waals surface area contributed by atoms with Crippen molar-refractivity contribution in [3.05, 3.63) is 0 Å². The molecule has 0 aliphatic carbocycles. The molecule has 0 unspecified atom stereocenters. The van der Waals surface area contributed by atoms with E-state index in [4.69, 9.17) is 0 Å². The van der Waals surface area contributed by atoms with E-state index in [0.717, 1.165) is 17.8 Å². The fourth-order valence-corrected chi connectivity index (χ4v) is 7.35. The van der Waals surface area contributed by atoms with Gasteiger partial charge in [0.1, 0.15) is 0 Å². The van der Waals surface area contributed by atoms with Crippen LogP contribution in [-0.4, -0.2) is 33.5 Å². The molecule has 0 fully saturated rings. The van der Waals surface area contributed by atoms with Gasteiger partial charge in [0.2, 0.25) is 0 Å². The van der Waals surface area contributed by atoms with Gasteiger partial charge in [-0.05, 0) is 46.7 Å². The normalized spacial score (nSPS) is 11.9. The van der Waals surface area contributed by atoms with Crippen molar-refractivity contribution in [2.75, 3.05) is 0 Å². The summed E-state index contributed by atoms with van der Waals surface area (Å²) in [6.45, 7) is 19.3. The van der Waals surface area contributed by atoms with Crippen LogP contribution in [0.1, 0.15) is 74.7 Å². The molecule has 0 aromatic heterocycles. The molecule has 0 aromatic carbocycles. The third-order valence-corrected chi connectivity index (χ3v) is 12.9. The van der Waals surface area contributed by atoms with Crippen LogP contribution in [0.2, 0.25) is 4.28 Å². The zero-order valence-electron chi connectivity index (χ0n) is 15.6. The van der Waals surface area contributed by atoms with E-state index in [2.05, 4.69) is 83.5 Å². The Hall–Kier alpha value is 3.22. The molecule has 0 saturated carbocycles. The molecule has 0 aliphatic rings. The molecule has 130 valence electrons. The molecule has 22 heavy (non-hydrogen) atoms. The number of rotatable bonds is 8. The predicted octanol–water partition coefficient (Wildman–Crippen LogP) is 0.797. The van der Waals surface area contributed by atoms with Gasteiger partial charge in [0, 0.05) is 0 Å². The Morgan fingerprint density at radius 1 is 0.727 bits per heavy atom. The molecule has 0 spiro atoms. The smallest absolute Gasteiger partial charge is 1.00 e. The van der Waals surface area contributed by atoms with Crippen molar-refractivity contribution >= 4 is 61.7 Å². The standard InChI is InChI=1S/C16H33.Al.4BrH.Mg/c1-12(2)9-16(15(7)8,10-13(3)4)11-14(5)6;;;;;;/h12-14H,9-11H2,1-8H3;;4*1H;/q;+2;;;;;+2/p-4. The summed E-state index contributed by atoms with van der Waals surface area (Å²) in [6, 6.07) is 0. The van der Waals surface area contributed by atoms with E-state index >= 15 is 0 Å². The molecule has 0 radical (unpaired) electrons. The van der Waals surface area contributed by atoms with Gasteiger partial charge in [0.05, 0.1) is 0 Å². The Balaban J connectivity index is -0.000000540. The summed E-state index contributed by atoms with van der Waals surface area (Å²) in [7, 11) is -1.06. The van der Waals surface area contributed by atoms with Gasteiger partial charge in [-0.1, -0.05) is 55.4 Å². The van der Waals surface area contributed by atoms with Crippen LogP contribution in [0.4, 0.5) is 0 Å². The van der Waals surface area contributed by atoms with Crippen molar-refractivity contribution in [3.8, 4) is 0 Å². The van der Waals surface area contributed by atoms with Crippen molar-refractivity contribution in [2.24, 2.45) is 23.2 Å². The molecule has 0 aromatic rings. The monoisotopic (exact) mass is 592 g/mol. The van der Waals surface area contributed by atoms with Gasteiger partial charge in [-0.3, -0.25) is 0 Å². The molecule has 0 heterocycles. The van der Waals surface area contributed by atoms with Crippen LogP contribution in [0.5, 0.6) is 0 Å². The average molecular weight is 596 g/mol. The Labute approximate surface area is 195 Å². The van der Waals surface area contributed by atoms with Crippen LogP contribution in [-0.2, 0) is 0 Å². The van der Waals surface area contributed by atoms with Gasteiger partial charge in [-0.25, -0.2) is 0 Å². The molecule has 0 saturated heterocycles. The minimum atomic E-state index is -1.06. The number of halogens is 4. The third-order valence-electron chi connectivity index (χ3n) is 4.31. The minimum absolute atomic E-state index is 0. The SMILES string of the molecule is CC(C)CC(CC(C)C)(CC(C)C)[C](C)(C)[Al]([Br])[Br].[Br-].[Br-].[Mg+2]. The summed E-state index contributed by atoms with van der Waals surface area (Å²) in [6.07, 6.45) is 4.03. The number of hydrogen-bond donors (Lipinski definition) is 0. The van der Waals surface area contributed by atoms with Crippen molar-refractivity contribution in [1.29, 1.82) is 0 Å². The fraction of sp³-hybridized carbons (Fsp3) is 1.00. The molecule has 0 N–H and O–H groups in total. The topological polar surface area (TPSA) is 0 Å². The van der Waals surface area contributed by atoms with E-state index in [1.54, 1.807) is 0 Å². The van der Waals surface area contributed by atoms with E-state index in [-0.39, 0.29) is 57.0 Å². The van der Waals surface area contributed by atoms with Crippen molar-refractivity contribution in [1.82, 2.24) is 0 Å². The van der Waals surface area contributed by atoms with Crippen LogP contribution in [0.3, 0.4) is 0 Å². The zero-order valence-corrected chi connectivity index (χ0v) is 24.6. The van der Waals surface area contributed by atoms with E-state index in [0.29, 0.717) is 9.69 Å². The van der Waals surface area contributed by atoms with Crippen LogP contribution in [0.25, 0.3) is 0 Å². The summed E-state index contributed by atoms with van der Waals surface area (Å²) in [5.41, 5.74) is 0.452. The maximum Gasteiger partial charge on any atom is 2.00 e. The van der Waals surface area contributed by atoms with Gasteiger partial charge in [0.15, 0.2) is 0 Å². The second kappa shape index (κ2) is 14.3. The van der Waals surface area contributed by atoms with E-state index in [9.17, 15) is 0 Å². The van der Waals surface area contributed by atoms with Crippen molar-refractivity contribution < 1.29 is 34.0 Å². The predicted molar refractivity (Wildman–Crippen MR) is 104 cm³/mol. The van der Waals surface area contributed by atoms with Gasteiger partial charge in [-0.2, -0.15) is 28.1 Å². The molecule has 0 amide bonds. The van der Waals surface area contributed by atoms with E-state index < -0.39 is 10.5 Å². The zero-order chi connectivity index (χ0) is 15.4. The number of hydrogen-bond acceptors (Lipinski definition) is 0. The third kappa shape index (κ3) is 10.4. The van der Waals surface area contributed by atoms with Crippen LogP contribution in [0.15, 0.2) is 0 Å². The Bertz CT molecular complexity index is 242. The van der Waals surface area contributed by atoms with Gasteiger partial charge in [0.25, 0.3) is 0 Å². The van der Waals surface area contributed by atoms with Crippen LogP contribution >= 0.6 is 28.1 Å². The second-order valence-corrected chi connectivity index (χ2v) is 19.3. The first-order valence-electron chi connectivity index (χ1n) is 7.72. The maximum absolute atomic E-state index is 3.96. The molecule has 6 heteroatoms. The molecule has 0 nitrogen and oxygen atoms in total. The summed E-state index contributed by atoms with van der Waals surface area (Å²) in [5, 5.41) is 0. The van der Waals surface area contributed by atoms with E-state index in [1.807, 2.05) is 0 Å². The minimum Gasteiger partial charge on any atom is -1.00 e. The summed E-state index contributed by atoms with van der Waals surface area (Å²) in [5.74, 6) is 2.30. The molecular formula is C16H33AlBr4Mg. The fourth-order valence-electron chi connectivity index (χ4n) is 3.62. The largest absolute Gasteiger partial charge is 2.00 e. The first-order valence-corrected chi connectivity index (χ1v) is 14.7. The molecule has 0 bridgehead atoms. The average Bonchev–Trinajstić information content (AvgIpc) is 2.12.